The van der Waals surface area contributed by atoms with Gasteiger partial charge in [0.2, 0.25) is 0 Å². The molecule has 0 radical (unpaired) electrons. The number of carbonyl (C=O) groups excluding carboxylic acids is 2. The number of hydrogen-bond donors (Lipinski definition) is 0. The SMILES string of the molecule is CCN(CC)C(=O)c1ccc(CN2CCC(C(C)=O)(c3ccccc3)CC2)o1. The van der Waals surface area contributed by atoms with E-state index in [2.05, 4.69) is 17.0 Å². The number of nitrogens with zero attached hydrogens (tertiary/aromatic N) is 2. The van der Waals surface area contributed by atoms with Crippen molar-refractivity contribution in [3.05, 3.63) is 59.5 Å². The number of furan rings is 1. The second-order valence-electron chi connectivity index (χ2n) is 7.52. The molecule has 1 aliphatic rings. The molecule has 28 heavy (non-hydrogen) atoms. The number of benzene rings is 1. The van der Waals surface area contributed by atoms with Crippen molar-refractivity contribution < 1.29 is 14.0 Å². The molecule has 1 aliphatic heterocycles. The lowest BCUT2D eigenvalue weighted by atomic mass is 9.70. The van der Waals surface area contributed by atoms with Gasteiger partial charge in [-0.25, -0.2) is 0 Å². The Hall–Kier alpha value is -2.40. The highest BCUT2D eigenvalue weighted by Gasteiger charge is 2.40. The van der Waals surface area contributed by atoms with Crippen molar-refractivity contribution in [2.45, 2.75) is 45.6 Å². The highest BCUT2D eigenvalue weighted by Crippen LogP contribution is 2.36. The summed E-state index contributed by atoms with van der Waals surface area (Å²) in [5.41, 5.74) is 0.734. The van der Waals surface area contributed by atoms with Gasteiger partial charge in [0.25, 0.3) is 5.91 Å². The fourth-order valence-corrected chi connectivity index (χ4v) is 4.16. The fraction of sp³-hybridized carbons (Fsp3) is 0.478. The minimum Gasteiger partial charge on any atom is -0.455 e. The average Bonchev–Trinajstić information content (AvgIpc) is 3.18. The number of Topliss-reactive ketones (excluding diaryl/α,β-unsaturated/α-hetero) is 1. The van der Waals surface area contributed by atoms with Gasteiger partial charge in [-0.1, -0.05) is 30.3 Å². The Bertz CT molecular complexity index is 800. The highest BCUT2D eigenvalue weighted by atomic mass is 16.4. The van der Waals surface area contributed by atoms with E-state index in [9.17, 15) is 9.59 Å². The molecule has 1 saturated heterocycles. The molecule has 1 aromatic carbocycles. The number of carbonyl (C=O) groups is 2. The zero-order chi connectivity index (χ0) is 20.1. The zero-order valence-corrected chi connectivity index (χ0v) is 17.1. The van der Waals surface area contributed by atoms with Crippen molar-refractivity contribution >= 4 is 11.7 Å². The van der Waals surface area contributed by atoms with Crippen LogP contribution >= 0.6 is 0 Å². The van der Waals surface area contributed by atoms with Gasteiger partial charge in [-0.2, -0.15) is 0 Å². The Balaban J connectivity index is 1.65. The zero-order valence-electron chi connectivity index (χ0n) is 17.1. The Kier molecular flexibility index (Phi) is 6.35. The predicted molar refractivity (Wildman–Crippen MR) is 109 cm³/mol. The molecular weight excluding hydrogens is 352 g/mol. The van der Waals surface area contributed by atoms with Gasteiger partial charge in [-0.15, -0.1) is 0 Å². The average molecular weight is 383 g/mol. The van der Waals surface area contributed by atoms with E-state index in [4.69, 9.17) is 4.42 Å². The maximum absolute atomic E-state index is 12.5. The van der Waals surface area contributed by atoms with Crippen molar-refractivity contribution in [3.63, 3.8) is 0 Å². The van der Waals surface area contributed by atoms with Gasteiger partial charge in [0.1, 0.15) is 11.5 Å². The van der Waals surface area contributed by atoms with E-state index in [1.165, 1.54) is 0 Å². The van der Waals surface area contributed by atoms with Gasteiger partial charge in [0.05, 0.1) is 12.0 Å². The first-order chi connectivity index (χ1) is 13.5. The lowest BCUT2D eigenvalue weighted by Crippen LogP contribution is -2.46. The normalized spacial score (nSPS) is 16.7. The summed E-state index contributed by atoms with van der Waals surface area (Å²) < 4.78 is 5.82. The van der Waals surface area contributed by atoms with Crippen LogP contribution in [0.4, 0.5) is 0 Å². The van der Waals surface area contributed by atoms with Crippen LogP contribution in [0.15, 0.2) is 46.9 Å². The number of likely N-dealkylation sites (tertiary alicyclic amines) is 1. The maximum atomic E-state index is 12.5. The van der Waals surface area contributed by atoms with Gasteiger partial charge in [-0.05, 0) is 64.4 Å². The van der Waals surface area contributed by atoms with Crippen LogP contribution in [-0.4, -0.2) is 47.7 Å². The van der Waals surface area contributed by atoms with E-state index in [0.29, 0.717) is 25.4 Å². The molecule has 0 N–H and O–H groups in total. The largest absolute Gasteiger partial charge is 0.455 e. The topological polar surface area (TPSA) is 53.8 Å². The van der Waals surface area contributed by atoms with Crippen LogP contribution in [0.5, 0.6) is 0 Å². The molecule has 0 atom stereocenters. The third kappa shape index (κ3) is 4.04. The second kappa shape index (κ2) is 8.74. The Labute approximate surface area is 167 Å². The molecule has 1 amide bonds. The van der Waals surface area contributed by atoms with Gasteiger partial charge < -0.3 is 9.32 Å². The summed E-state index contributed by atoms with van der Waals surface area (Å²) in [6.45, 7) is 9.30. The van der Waals surface area contributed by atoms with Gasteiger partial charge >= 0.3 is 0 Å². The molecular formula is C23H30N2O3. The summed E-state index contributed by atoms with van der Waals surface area (Å²) in [4.78, 5) is 29.0. The first-order valence-corrected chi connectivity index (χ1v) is 10.2. The lowest BCUT2D eigenvalue weighted by molar-refractivity contribution is -0.124. The number of piperidine rings is 1. The molecule has 2 heterocycles. The molecule has 0 unspecified atom stereocenters. The van der Waals surface area contributed by atoms with Gasteiger partial charge in [0.15, 0.2) is 5.76 Å². The maximum Gasteiger partial charge on any atom is 0.289 e. The lowest BCUT2D eigenvalue weighted by Gasteiger charge is -2.40. The first kappa shape index (κ1) is 20.3. The smallest absolute Gasteiger partial charge is 0.289 e. The van der Waals surface area contributed by atoms with Crippen LogP contribution in [0.2, 0.25) is 0 Å². The van der Waals surface area contributed by atoms with Crippen molar-refractivity contribution in [3.8, 4) is 0 Å². The molecule has 1 fully saturated rings. The van der Waals surface area contributed by atoms with Crippen LogP contribution in [0.1, 0.15) is 55.5 Å². The molecule has 3 rings (SSSR count). The summed E-state index contributed by atoms with van der Waals surface area (Å²) in [6, 6.07) is 13.8. The predicted octanol–water partition coefficient (Wildman–Crippen LogP) is 3.88. The van der Waals surface area contributed by atoms with Crippen molar-refractivity contribution in [2.24, 2.45) is 0 Å². The number of ketones is 1. The van der Waals surface area contributed by atoms with E-state index in [-0.39, 0.29) is 17.1 Å². The van der Waals surface area contributed by atoms with Crippen molar-refractivity contribution in [2.75, 3.05) is 26.2 Å². The summed E-state index contributed by atoms with van der Waals surface area (Å²) in [5, 5.41) is 0. The third-order valence-corrected chi connectivity index (χ3v) is 6.01. The molecule has 0 spiro atoms. The number of hydrogen-bond acceptors (Lipinski definition) is 4. The van der Waals surface area contributed by atoms with Crippen LogP contribution in [0.25, 0.3) is 0 Å². The summed E-state index contributed by atoms with van der Waals surface area (Å²) >= 11 is 0. The summed E-state index contributed by atoms with van der Waals surface area (Å²) in [6.07, 6.45) is 1.61. The van der Waals surface area contributed by atoms with Crippen LogP contribution in [-0.2, 0) is 16.8 Å². The van der Waals surface area contributed by atoms with Gasteiger partial charge in [-0.3, -0.25) is 14.5 Å². The quantitative estimate of drug-likeness (QED) is 0.729. The highest BCUT2D eigenvalue weighted by molar-refractivity contribution is 5.91. The molecule has 0 aliphatic carbocycles. The van der Waals surface area contributed by atoms with Gasteiger partial charge in [0, 0.05) is 13.1 Å². The van der Waals surface area contributed by atoms with E-state index in [0.717, 1.165) is 37.3 Å². The summed E-state index contributed by atoms with van der Waals surface area (Å²) in [7, 11) is 0. The molecule has 150 valence electrons. The second-order valence-corrected chi connectivity index (χ2v) is 7.52. The van der Waals surface area contributed by atoms with Crippen LogP contribution < -0.4 is 0 Å². The number of amides is 1. The minimum atomic E-state index is -0.384. The van der Waals surface area contributed by atoms with E-state index in [1.54, 1.807) is 17.9 Å². The Morgan fingerprint density at radius 2 is 1.68 bits per heavy atom. The fourth-order valence-electron chi connectivity index (χ4n) is 4.16. The molecule has 5 heteroatoms. The first-order valence-electron chi connectivity index (χ1n) is 10.2. The van der Waals surface area contributed by atoms with Crippen LogP contribution in [0, 0.1) is 0 Å². The van der Waals surface area contributed by atoms with E-state index in [1.807, 2.05) is 38.1 Å². The monoisotopic (exact) mass is 382 g/mol. The molecule has 1 aromatic heterocycles. The number of rotatable bonds is 7. The minimum absolute atomic E-state index is 0.0606. The molecule has 5 nitrogen and oxygen atoms in total. The van der Waals surface area contributed by atoms with Crippen molar-refractivity contribution in [1.82, 2.24) is 9.80 Å². The third-order valence-electron chi connectivity index (χ3n) is 6.01. The molecule has 2 aromatic rings. The Morgan fingerprint density at radius 3 is 2.25 bits per heavy atom. The van der Waals surface area contributed by atoms with E-state index >= 15 is 0 Å². The van der Waals surface area contributed by atoms with Crippen LogP contribution in [0.3, 0.4) is 0 Å². The van der Waals surface area contributed by atoms with Crippen molar-refractivity contribution in [1.29, 1.82) is 0 Å². The molecule has 0 saturated carbocycles. The standard InChI is InChI=1S/C23H30N2O3/c1-4-25(5-2)22(27)21-12-11-20(28-21)17-24-15-13-23(14-16-24,18(3)26)19-9-7-6-8-10-19/h6-12H,4-5,13-17H2,1-3H3. The molecule has 0 bridgehead atoms. The summed E-state index contributed by atoms with van der Waals surface area (Å²) in [5.74, 6) is 1.38. The van der Waals surface area contributed by atoms with E-state index < -0.39 is 0 Å². The Morgan fingerprint density at radius 1 is 1.04 bits per heavy atom.